The van der Waals surface area contributed by atoms with Crippen molar-refractivity contribution in [3.05, 3.63) is 82.7 Å². The molecule has 2 aromatic carbocycles. The van der Waals surface area contributed by atoms with Gasteiger partial charge in [-0.1, -0.05) is 24.6 Å². The minimum Gasteiger partial charge on any atom is -0.481 e. The van der Waals surface area contributed by atoms with Gasteiger partial charge in [-0.3, -0.25) is 19.4 Å². The average molecular weight is 560 g/mol. The lowest BCUT2D eigenvalue weighted by atomic mass is 9.98. The Labute approximate surface area is 234 Å². The highest BCUT2D eigenvalue weighted by Crippen LogP contribution is 2.27. The molecule has 2 unspecified atom stereocenters. The summed E-state index contributed by atoms with van der Waals surface area (Å²) < 4.78 is 0. The van der Waals surface area contributed by atoms with Crippen molar-refractivity contribution in [1.82, 2.24) is 20.6 Å². The van der Waals surface area contributed by atoms with Crippen LogP contribution in [0.25, 0.3) is 11.0 Å². The summed E-state index contributed by atoms with van der Waals surface area (Å²) in [5.41, 5.74) is 2.89. The van der Waals surface area contributed by atoms with Gasteiger partial charge in [0.25, 0.3) is 5.91 Å². The third-order valence-corrected chi connectivity index (χ3v) is 7.15. The van der Waals surface area contributed by atoms with Crippen LogP contribution in [0.4, 0.5) is 11.5 Å². The molecule has 0 bridgehead atoms. The van der Waals surface area contributed by atoms with Crippen LogP contribution in [0, 0.1) is 0 Å². The van der Waals surface area contributed by atoms with E-state index in [4.69, 9.17) is 5.11 Å². The van der Waals surface area contributed by atoms with Crippen molar-refractivity contribution >= 4 is 57.9 Å². The lowest BCUT2D eigenvalue weighted by molar-refractivity contribution is -0.138. The SMILES string of the molecule is O=CC(CC(=O)O)NC(=O)C(CCCCNC(=O)c1ccc(Nc2cnc3ccccc3n2)cc1)c1cccs1. The highest BCUT2D eigenvalue weighted by Gasteiger charge is 2.24. The van der Waals surface area contributed by atoms with Gasteiger partial charge in [0.05, 0.1) is 35.6 Å². The number of carboxylic acids is 1. The van der Waals surface area contributed by atoms with E-state index in [0.717, 1.165) is 21.6 Å². The first-order valence-electron chi connectivity index (χ1n) is 12.8. The molecule has 4 aromatic rings. The van der Waals surface area contributed by atoms with Gasteiger partial charge >= 0.3 is 5.97 Å². The number of thiophene rings is 1. The van der Waals surface area contributed by atoms with E-state index < -0.39 is 24.3 Å². The summed E-state index contributed by atoms with van der Waals surface area (Å²) in [5.74, 6) is -1.64. The molecule has 2 amide bonds. The van der Waals surface area contributed by atoms with Crippen molar-refractivity contribution in [1.29, 1.82) is 0 Å². The molecule has 0 aliphatic carbocycles. The Morgan fingerprint density at radius 3 is 2.45 bits per heavy atom. The van der Waals surface area contributed by atoms with Crippen LogP contribution >= 0.6 is 11.3 Å². The van der Waals surface area contributed by atoms with Crippen LogP contribution in [0.5, 0.6) is 0 Å². The maximum Gasteiger partial charge on any atom is 0.305 e. The second kappa shape index (κ2) is 13.9. The maximum absolute atomic E-state index is 12.8. The molecule has 4 N–H and O–H groups in total. The zero-order valence-corrected chi connectivity index (χ0v) is 22.4. The van der Waals surface area contributed by atoms with Crippen LogP contribution in [0.2, 0.25) is 0 Å². The number of rotatable bonds is 14. The number of unbranched alkanes of at least 4 members (excludes halogenated alkanes) is 1. The number of aldehydes is 1. The molecule has 0 fully saturated rings. The normalized spacial score (nSPS) is 12.3. The van der Waals surface area contributed by atoms with Gasteiger partial charge in [0.2, 0.25) is 5.91 Å². The molecule has 0 spiro atoms. The molecule has 0 radical (unpaired) electrons. The predicted octanol–water partition coefficient (Wildman–Crippen LogP) is 4.28. The third kappa shape index (κ3) is 7.93. The quantitative estimate of drug-likeness (QED) is 0.132. The van der Waals surface area contributed by atoms with Gasteiger partial charge in [-0.2, -0.15) is 0 Å². The van der Waals surface area contributed by atoms with Crippen LogP contribution in [0.1, 0.15) is 46.8 Å². The molecule has 0 saturated heterocycles. The molecule has 206 valence electrons. The zero-order chi connectivity index (χ0) is 28.3. The average Bonchev–Trinajstić information content (AvgIpc) is 3.49. The van der Waals surface area contributed by atoms with E-state index in [9.17, 15) is 19.2 Å². The highest BCUT2D eigenvalue weighted by atomic mass is 32.1. The fourth-order valence-electron chi connectivity index (χ4n) is 4.14. The number of nitrogens with zero attached hydrogens (tertiary/aromatic N) is 2. The summed E-state index contributed by atoms with van der Waals surface area (Å²) in [6.45, 7) is 0.431. The van der Waals surface area contributed by atoms with Gasteiger partial charge in [0.15, 0.2) is 0 Å². The smallest absolute Gasteiger partial charge is 0.305 e. The fraction of sp³-hybridized carbons (Fsp3) is 0.241. The van der Waals surface area contributed by atoms with Gasteiger partial charge in [-0.25, -0.2) is 4.98 Å². The Balaban J connectivity index is 1.24. The van der Waals surface area contributed by atoms with Gasteiger partial charge in [-0.15, -0.1) is 11.3 Å². The second-order valence-electron chi connectivity index (χ2n) is 9.12. The van der Waals surface area contributed by atoms with E-state index in [1.54, 1.807) is 30.5 Å². The molecule has 0 saturated carbocycles. The Morgan fingerprint density at radius 2 is 1.75 bits per heavy atom. The Morgan fingerprint density at radius 1 is 0.975 bits per heavy atom. The molecule has 2 aromatic heterocycles. The number of hydrogen-bond acceptors (Lipinski definition) is 8. The van der Waals surface area contributed by atoms with E-state index in [-0.39, 0.29) is 11.8 Å². The van der Waals surface area contributed by atoms with E-state index in [2.05, 4.69) is 25.9 Å². The topological polar surface area (TPSA) is 150 Å². The third-order valence-electron chi connectivity index (χ3n) is 6.16. The van der Waals surface area contributed by atoms with Gasteiger partial charge in [-0.05, 0) is 60.7 Å². The molecule has 2 heterocycles. The van der Waals surface area contributed by atoms with E-state index in [1.165, 1.54) is 11.3 Å². The van der Waals surface area contributed by atoms with Crippen LogP contribution in [-0.2, 0) is 14.4 Å². The first kappa shape index (κ1) is 28.4. The predicted molar refractivity (Wildman–Crippen MR) is 153 cm³/mol. The number of carbonyl (C=O) groups is 4. The summed E-state index contributed by atoms with van der Waals surface area (Å²) in [5, 5.41) is 19.4. The number of carboxylic acid groups (broad SMARTS) is 1. The standard InChI is InChI=1S/C29H29N5O5S/c35-18-21(16-27(36)37)33-29(39)22(25-9-5-15-40-25)6-3-4-14-30-28(38)19-10-12-20(13-11-19)32-26-17-31-23-7-1-2-8-24(23)34-26/h1-2,5,7-13,15,17-18,21-22H,3-4,6,14,16H2,(H,30,38)(H,32,34)(H,33,39)(H,36,37). The minimum atomic E-state index is -1.16. The van der Waals surface area contributed by atoms with Crippen LogP contribution in [0.15, 0.2) is 72.2 Å². The van der Waals surface area contributed by atoms with Crippen LogP contribution in [0.3, 0.4) is 0 Å². The van der Waals surface area contributed by atoms with Crippen molar-refractivity contribution in [3.63, 3.8) is 0 Å². The molecular weight excluding hydrogens is 530 g/mol. The van der Waals surface area contributed by atoms with Crippen molar-refractivity contribution < 1.29 is 24.3 Å². The molecule has 11 heteroatoms. The summed E-state index contributed by atoms with van der Waals surface area (Å²) in [6, 6.07) is 17.3. The lowest BCUT2D eigenvalue weighted by Crippen LogP contribution is -2.40. The lowest BCUT2D eigenvalue weighted by Gasteiger charge is -2.18. The molecule has 4 rings (SSSR count). The molecule has 40 heavy (non-hydrogen) atoms. The van der Waals surface area contributed by atoms with Crippen molar-refractivity contribution in [2.75, 3.05) is 11.9 Å². The number of hydrogen-bond donors (Lipinski definition) is 4. The van der Waals surface area contributed by atoms with E-state index in [1.807, 2.05) is 41.8 Å². The number of aliphatic carboxylic acids is 1. The number of anilines is 2. The number of benzene rings is 2. The molecule has 0 aliphatic heterocycles. The zero-order valence-electron chi connectivity index (χ0n) is 21.6. The second-order valence-corrected chi connectivity index (χ2v) is 10.1. The monoisotopic (exact) mass is 559 g/mol. The van der Waals surface area contributed by atoms with Gasteiger partial charge in [0.1, 0.15) is 12.1 Å². The highest BCUT2D eigenvalue weighted by molar-refractivity contribution is 7.10. The minimum absolute atomic E-state index is 0.202. The van der Waals surface area contributed by atoms with Gasteiger partial charge < -0.3 is 25.9 Å². The molecule has 0 aliphatic rings. The summed E-state index contributed by atoms with van der Waals surface area (Å²) in [7, 11) is 0. The Hall–Kier alpha value is -4.64. The van der Waals surface area contributed by atoms with E-state index >= 15 is 0 Å². The summed E-state index contributed by atoms with van der Waals surface area (Å²) in [6.07, 6.45) is 3.43. The summed E-state index contributed by atoms with van der Waals surface area (Å²) >= 11 is 1.43. The Bertz CT molecular complexity index is 1460. The first-order valence-corrected chi connectivity index (χ1v) is 13.7. The largest absolute Gasteiger partial charge is 0.481 e. The molecular formula is C29H29N5O5S. The van der Waals surface area contributed by atoms with Crippen molar-refractivity contribution in [2.24, 2.45) is 0 Å². The molecule has 10 nitrogen and oxygen atoms in total. The number of para-hydroxylation sites is 2. The fourth-order valence-corrected chi connectivity index (χ4v) is 5.00. The van der Waals surface area contributed by atoms with E-state index in [0.29, 0.717) is 43.5 Å². The van der Waals surface area contributed by atoms with Crippen molar-refractivity contribution in [2.45, 2.75) is 37.6 Å². The number of carbonyl (C=O) groups excluding carboxylic acids is 3. The molecule has 2 atom stereocenters. The Kier molecular flexibility index (Phi) is 9.89. The van der Waals surface area contributed by atoms with Gasteiger partial charge in [0, 0.05) is 22.7 Å². The number of amides is 2. The number of nitrogens with one attached hydrogen (secondary N) is 3. The first-order chi connectivity index (χ1) is 19.4. The number of fused-ring (bicyclic) bond motifs is 1. The van der Waals surface area contributed by atoms with Crippen LogP contribution in [-0.4, -0.2) is 51.7 Å². The van der Waals surface area contributed by atoms with Crippen LogP contribution < -0.4 is 16.0 Å². The number of aromatic nitrogens is 2. The maximum atomic E-state index is 12.8. The summed E-state index contributed by atoms with van der Waals surface area (Å²) in [4.78, 5) is 57.3. The van der Waals surface area contributed by atoms with Crippen molar-refractivity contribution in [3.8, 4) is 0 Å².